The van der Waals surface area contributed by atoms with Gasteiger partial charge in [0.15, 0.2) is 0 Å². The van der Waals surface area contributed by atoms with Gasteiger partial charge in [0.1, 0.15) is 5.75 Å². The molecule has 0 atom stereocenters. The molecule has 112 valence electrons. The maximum atomic E-state index is 11.6. The first-order valence-corrected chi connectivity index (χ1v) is 6.05. The van der Waals surface area contributed by atoms with Gasteiger partial charge in [-0.05, 0) is 30.3 Å². The lowest BCUT2D eigenvalue weighted by molar-refractivity contribution is -0.135. The Morgan fingerprint density at radius 3 is 2.19 bits per heavy atom. The average Bonchev–Trinajstić information content (AvgIpc) is 2.54. The van der Waals surface area contributed by atoms with Crippen LogP contribution in [-0.4, -0.2) is 33.3 Å². The first-order valence-electron chi connectivity index (χ1n) is 6.05. The zero-order chi connectivity index (χ0) is 15.7. The van der Waals surface area contributed by atoms with Crippen LogP contribution in [0.2, 0.25) is 0 Å². The molecule has 0 radical (unpaired) electrons. The van der Waals surface area contributed by atoms with E-state index >= 15 is 0 Å². The summed E-state index contributed by atoms with van der Waals surface area (Å²) in [5.74, 6) is -0.409. The molecular weight excluding hydrogens is 274 g/mol. The van der Waals surface area contributed by atoms with Gasteiger partial charge < -0.3 is 19.5 Å². The van der Waals surface area contributed by atoms with Gasteiger partial charge >= 0.3 is 11.9 Å². The van der Waals surface area contributed by atoms with Crippen molar-refractivity contribution >= 4 is 17.6 Å². The van der Waals surface area contributed by atoms with Crippen molar-refractivity contribution in [2.45, 2.75) is 0 Å². The van der Waals surface area contributed by atoms with Crippen LogP contribution < -0.4 is 10.1 Å². The van der Waals surface area contributed by atoms with E-state index in [4.69, 9.17) is 4.74 Å². The van der Waals surface area contributed by atoms with Gasteiger partial charge in [-0.2, -0.15) is 0 Å². The first kappa shape index (κ1) is 16.3. The van der Waals surface area contributed by atoms with Gasteiger partial charge in [0.25, 0.3) is 0 Å². The fraction of sp³-hybridized carbons (Fsp3) is 0.200. The van der Waals surface area contributed by atoms with E-state index in [1.54, 1.807) is 31.4 Å². The molecule has 6 nitrogen and oxygen atoms in total. The Balaban J connectivity index is 2.84. The summed E-state index contributed by atoms with van der Waals surface area (Å²) >= 11 is 0. The summed E-state index contributed by atoms with van der Waals surface area (Å²) in [6, 6.07) is 7.12. The van der Waals surface area contributed by atoms with Gasteiger partial charge in [-0.25, -0.2) is 9.59 Å². The van der Waals surface area contributed by atoms with Crippen molar-refractivity contribution in [1.29, 1.82) is 0 Å². The van der Waals surface area contributed by atoms with Crippen molar-refractivity contribution in [3.63, 3.8) is 0 Å². The van der Waals surface area contributed by atoms with Gasteiger partial charge in [0, 0.05) is 18.0 Å². The maximum Gasteiger partial charge on any atom is 0.339 e. The lowest BCUT2D eigenvalue weighted by atomic mass is 10.2. The Labute approximate surface area is 123 Å². The Bertz CT molecular complexity index is 546. The largest absolute Gasteiger partial charge is 0.497 e. The molecule has 0 aromatic heterocycles. The van der Waals surface area contributed by atoms with Gasteiger partial charge in [0.2, 0.25) is 0 Å². The summed E-state index contributed by atoms with van der Waals surface area (Å²) in [5.41, 5.74) is 0.933. The van der Waals surface area contributed by atoms with Crippen LogP contribution in [0.4, 0.5) is 5.69 Å². The third-order valence-corrected chi connectivity index (χ3v) is 2.51. The number of ether oxygens (including phenoxy) is 3. The van der Waals surface area contributed by atoms with Crippen molar-refractivity contribution in [2.24, 2.45) is 0 Å². The van der Waals surface area contributed by atoms with E-state index in [0.29, 0.717) is 0 Å². The van der Waals surface area contributed by atoms with E-state index in [2.05, 4.69) is 14.8 Å². The molecule has 0 saturated carbocycles. The monoisotopic (exact) mass is 291 g/mol. The minimum Gasteiger partial charge on any atom is -0.497 e. The highest BCUT2D eigenvalue weighted by Gasteiger charge is 2.06. The normalized spacial score (nSPS) is 11.1. The van der Waals surface area contributed by atoms with Crippen molar-refractivity contribution in [2.75, 3.05) is 26.6 Å². The quantitative estimate of drug-likeness (QED) is 0.490. The van der Waals surface area contributed by atoms with Crippen molar-refractivity contribution in [1.82, 2.24) is 0 Å². The number of methoxy groups -OCH3 is 3. The topological polar surface area (TPSA) is 73.9 Å². The SMILES string of the molecule is COC(=O)/C=C/C(=C/Nc1ccc(OC)cc1)C(=O)OC. The summed E-state index contributed by atoms with van der Waals surface area (Å²) < 4.78 is 14.1. The number of carbonyl (C=O) groups excluding carboxylic acids is 2. The number of esters is 2. The van der Waals surface area contributed by atoms with Crippen molar-refractivity contribution < 1.29 is 23.8 Å². The maximum absolute atomic E-state index is 11.6. The Morgan fingerprint density at radius 1 is 1.00 bits per heavy atom. The lowest BCUT2D eigenvalue weighted by Gasteiger charge is -2.05. The van der Waals surface area contributed by atoms with Crippen LogP contribution in [0.5, 0.6) is 5.75 Å². The minimum absolute atomic E-state index is 0.179. The first-order chi connectivity index (χ1) is 10.1. The third-order valence-electron chi connectivity index (χ3n) is 2.51. The standard InChI is InChI=1S/C15H17NO5/c1-19-13-7-5-12(6-8-13)16-10-11(15(18)21-3)4-9-14(17)20-2/h4-10,16H,1-3H3/b9-4+,11-10-. The number of rotatable bonds is 6. The fourth-order valence-corrected chi connectivity index (χ4v) is 1.37. The summed E-state index contributed by atoms with van der Waals surface area (Å²) in [6.45, 7) is 0. The van der Waals surface area contributed by atoms with Gasteiger partial charge in [-0.3, -0.25) is 0 Å². The average molecular weight is 291 g/mol. The zero-order valence-electron chi connectivity index (χ0n) is 12.1. The molecule has 0 aliphatic heterocycles. The highest BCUT2D eigenvalue weighted by Crippen LogP contribution is 2.15. The van der Waals surface area contributed by atoms with E-state index in [0.717, 1.165) is 17.5 Å². The molecule has 0 fully saturated rings. The Kier molecular flexibility index (Phi) is 6.53. The number of nitrogens with one attached hydrogen (secondary N) is 1. The smallest absolute Gasteiger partial charge is 0.339 e. The fourth-order valence-electron chi connectivity index (χ4n) is 1.37. The number of anilines is 1. The molecule has 21 heavy (non-hydrogen) atoms. The number of hydrogen-bond acceptors (Lipinski definition) is 6. The van der Waals surface area contributed by atoms with Crippen LogP contribution in [-0.2, 0) is 19.1 Å². The van der Waals surface area contributed by atoms with Crippen LogP contribution in [0.25, 0.3) is 0 Å². The highest BCUT2D eigenvalue weighted by atomic mass is 16.5. The van der Waals surface area contributed by atoms with Crippen LogP contribution >= 0.6 is 0 Å². The van der Waals surface area contributed by atoms with Crippen LogP contribution in [0, 0.1) is 0 Å². The Morgan fingerprint density at radius 2 is 1.67 bits per heavy atom. The summed E-state index contributed by atoms with van der Waals surface area (Å²) in [7, 11) is 4.09. The van der Waals surface area contributed by atoms with E-state index in [1.807, 2.05) is 0 Å². The predicted octanol–water partition coefficient (Wildman–Crippen LogP) is 1.89. The molecule has 0 saturated heterocycles. The summed E-state index contributed by atoms with van der Waals surface area (Å²) in [4.78, 5) is 22.6. The second-order valence-corrected chi connectivity index (χ2v) is 3.82. The Hall–Kier alpha value is -2.76. The third kappa shape index (κ3) is 5.40. The number of benzene rings is 1. The highest BCUT2D eigenvalue weighted by molar-refractivity contribution is 5.94. The molecular formula is C15H17NO5. The van der Waals surface area contributed by atoms with E-state index in [9.17, 15) is 9.59 Å². The zero-order valence-corrected chi connectivity index (χ0v) is 12.1. The van der Waals surface area contributed by atoms with Crippen molar-refractivity contribution in [3.05, 3.63) is 48.2 Å². The molecule has 0 amide bonds. The molecule has 0 aliphatic carbocycles. The molecule has 1 rings (SSSR count). The van der Waals surface area contributed by atoms with Gasteiger partial charge in [0.05, 0.1) is 26.9 Å². The van der Waals surface area contributed by atoms with E-state index in [1.165, 1.54) is 26.5 Å². The number of hydrogen-bond donors (Lipinski definition) is 1. The van der Waals surface area contributed by atoms with Crippen LogP contribution in [0.15, 0.2) is 48.2 Å². The second-order valence-electron chi connectivity index (χ2n) is 3.82. The summed E-state index contributed by atoms with van der Waals surface area (Å²) in [6.07, 6.45) is 3.89. The molecule has 0 heterocycles. The summed E-state index contributed by atoms with van der Waals surface area (Å²) in [5, 5.41) is 2.93. The van der Waals surface area contributed by atoms with E-state index < -0.39 is 11.9 Å². The van der Waals surface area contributed by atoms with Gasteiger partial charge in [-0.15, -0.1) is 0 Å². The molecule has 1 N–H and O–H groups in total. The lowest BCUT2D eigenvalue weighted by Crippen LogP contribution is -2.06. The van der Waals surface area contributed by atoms with E-state index in [-0.39, 0.29) is 5.57 Å². The molecule has 1 aromatic carbocycles. The predicted molar refractivity (Wildman–Crippen MR) is 77.9 cm³/mol. The minimum atomic E-state index is -0.573. The molecule has 1 aromatic rings. The molecule has 6 heteroatoms. The number of carbonyl (C=O) groups is 2. The van der Waals surface area contributed by atoms with Crippen LogP contribution in [0.1, 0.15) is 0 Å². The molecule has 0 unspecified atom stereocenters. The van der Waals surface area contributed by atoms with Crippen LogP contribution in [0.3, 0.4) is 0 Å². The van der Waals surface area contributed by atoms with Crippen molar-refractivity contribution in [3.8, 4) is 5.75 Å². The second kappa shape index (κ2) is 8.42. The molecule has 0 bridgehead atoms. The molecule has 0 aliphatic rings. The molecule has 0 spiro atoms. The van der Waals surface area contributed by atoms with Gasteiger partial charge in [-0.1, -0.05) is 0 Å².